The maximum atomic E-state index is 12.0. The number of halogens is 1. The summed E-state index contributed by atoms with van der Waals surface area (Å²) in [6, 6.07) is 0.450. The number of nitrogens with zero attached hydrogens (tertiary/aromatic N) is 3. The van der Waals surface area contributed by atoms with Gasteiger partial charge in [-0.1, -0.05) is 0 Å². The van der Waals surface area contributed by atoms with Gasteiger partial charge >= 0.3 is 5.69 Å². The quantitative estimate of drug-likeness (QED) is 0.621. The minimum atomic E-state index is -0.431. The molecule has 0 aromatic carbocycles. The number of nitrogens with two attached hydrogens (primary N) is 1. The number of carbonyl (C=O) groups excluding carboxylic acids is 1. The van der Waals surface area contributed by atoms with Crippen molar-refractivity contribution in [1.29, 1.82) is 0 Å². The van der Waals surface area contributed by atoms with Crippen molar-refractivity contribution < 1.29 is 9.72 Å². The molecule has 0 aliphatic heterocycles. The number of hydrogen-bond acceptors (Lipinski definition) is 5. The van der Waals surface area contributed by atoms with Gasteiger partial charge in [-0.3, -0.25) is 19.6 Å². The number of rotatable bonds is 5. The highest BCUT2D eigenvalue weighted by Crippen LogP contribution is 2.22. The molecule has 1 saturated carbocycles. The standard InChI is InChI=1S/C14H23N5O3.ClH/c1-9-14(19(21)22)10(2)18(17-9)8-7-13(20)16-12-5-3-11(15)4-6-12;/h11-12H,3-8,15H2,1-2H3,(H,16,20);1H. The van der Waals surface area contributed by atoms with Crippen molar-refractivity contribution in [2.45, 2.75) is 64.6 Å². The van der Waals surface area contributed by atoms with Crippen LogP contribution in [0.1, 0.15) is 43.5 Å². The van der Waals surface area contributed by atoms with Crippen LogP contribution in [-0.2, 0) is 11.3 Å². The average molecular weight is 346 g/mol. The molecular weight excluding hydrogens is 322 g/mol. The molecule has 1 aromatic rings. The largest absolute Gasteiger partial charge is 0.353 e. The molecular formula is C14H24ClN5O3. The fourth-order valence-corrected chi connectivity index (χ4v) is 2.94. The van der Waals surface area contributed by atoms with E-state index < -0.39 is 4.92 Å². The van der Waals surface area contributed by atoms with Gasteiger partial charge in [0.25, 0.3) is 0 Å². The van der Waals surface area contributed by atoms with Crippen molar-refractivity contribution in [1.82, 2.24) is 15.1 Å². The van der Waals surface area contributed by atoms with E-state index in [0.717, 1.165) is 25.7 Å². The third-order valence-corrected chi connectivity index (χ3v) is 4.21. The lowest BCUT2D eigenvalue weighted by Crippen LogP contribution is -2.40. The van der Waals surface area contributed by atoms with E-state index in [4.69, 9.17) is 5.73 Å². The monoisotopic (exact) mass is 345 g/mol. The smallest absolute Gasteiger partial charge is 0.312 e. The first-order valence-electron chi connectivity index (χ1n) is 7.61. The van der Waals surface area contributed by atoms with E-state index in [1.165, 1.54) is 4.68 Å². The van der Waals surface area contributed by atoms with Crippen LogP contribution in [0, 0.1) is 24.0 Å². The molecule has 0 atom stereocenters. The minimum Gasteiger partial charge on any atom is -0.353 e. The molecule has 1 amide bonds. The van der Waals surface area contributed by atoms with Crippen molar-refractivity contribution in [3.05, 3.63) is 21.5 Å². The molecule has 3 N–H and O–H groups in total. The van der Waals surface area contributed by atoms with Crippen LogP contribution in [0.5, 0.6) is 0 Å². The molecule has 1 aliphatic carbocycles. The third-order valence-electron chi connectivity index (χ3n) is 4.21. The van der Waals surface area contributed by atoms with Crippen molar-refractivity contribution in [2.24, 2.45) is 5.73 Å². The highest BCUT2D eigenvalue weighted by atomic mass is 35.5. The number of aryl methyl sites for hydroxylation is 2. The Morgan fingerprint density at radius 1 is 1.39 bits per heavy atom. The first-order chi connectivity index (χ1) is 10.4. The van der Waals surface area contributed by atoms with E-state index in [1.54, 1.807) is 13.8 Å². The first kappa shape index (κ1) is 19.4. The molecule has 1 fully saturated rings. The van der Waals surface area contributed by atoms with E-state index in [1.807, 2.05) is 0 Å². The lowest BCUT2D eigenvalue weighted by molar-refractivity contribution is -0.386. The van der Waals surface area contributed by atoms with Crippen molar-refractivity contribution in [2.75, 3.05) is 0 Å². The highest BCUT2D eigenvalue weighted by Gasteiger charge is 2.23. The molecule has 2 rings (SSSR count). The van der Waals surface area contributed by atoms with Crippen molar-refractivity contribution >= 4 is 24.0 Å². The summed E-state index contributed by atoms with van der Waals surface area (Å²) in [5.74, 6) is -0.0457. The van der Waals surface area contributed by atoms with Gasteiger partial charge in [-0.2, -0.15) is 5.10 Å². The van der Waals surface area contributed by atoms with Gasteiger partial charge < -0.3 is 11.1 Å². The van der Waals surface area contributed by atoms with Crippen LogP contribution in [0.15, 0.2) is 0 Å². The van der Waals surface area contributed by atoms with Gasteiger partial charge in [0.2, 0.25) is 5.91 Å². The Labute approximate surface area is 141 Å². The number of carbonyl (C=O) groups is 1. The predicted molar refractivity (Wildman–Crippen MR) is 88.6 cm³/mol. The number of hydrogen-bond donors (Lipinski definition) is 2. The second-order valence-electron chi connectivity index (χ2n) is 5.93. The third kappa shape index (κ3) is 4.90. The molecule has 0 bridgehead atoms. The topological polar surface area (TPSA) is 116 Å². The van der Waals surface area contributed by atoms with Crippen LogP contribution in [0.3, 0.4) is 0 Å². The zero-order valence-corrected chi connectivity index (χ0v) is 14.3. The van der Waals surface area contributed by atoms with Gasteiger partial charge in [0.15, 0.2) is 0 Å². The molecule has 8 nitrogen and oxygen atoms in total. The van der Waals surface area contributed by atoms with Gasteiger partial charge in [-0.05, 0) is 39.5 Å². The number of aromatic nitrogens is 2. The summed E-state index contributed by atoms with van der Waals surface area (Å²) < 4.78 is 1.53. The zero-order chi connectivity index (χ0) is 16.3. The lowest BCUT2D eigenvalue weighted by atomic mass is 9.92. The van der Waals surface area contributed by atoms with Gasteiger partial charge in [-0.15, -0.1) is 12.4 Å². The molecule has 1 aliphatic rings. The summed E-state index contributed by atoms with van der Waals surface area (Å²) in [5, 5.41) is 18.1. The van der Waals surface area contributed by atoms with E-state index in [-0.39, 0.29) is 42.5 Å². The first-order valence-corrected chi connectivity index (χ1v) is 7.61. The van der Waals surface area contributed by atoms with Crippen molar-refractivity contribution in [3.63, 3.8) is 0 Å². The van der Waals surface area contributed by atoms with Gasteiger partial charge in [0.1, 0.15) is 11.4 Å². The second kappa shape index (κ2) is 8.26. The van der Waals surface area contributed by atoms with Crippen molar-refractivity contribution in [3.8, 4) is 0 Å². The summed E-state index contributed by atoms with van der Waals surface area (Å²) >= 11 is 0. The second-order valence-corrected chi connectivity index (χ2v) is 5.93. The van der Waals surface area contributed by atoms with Crippen LogP contribution in [-0.4, -0.2) is 32.7 Å². The van der Waals surface area contributed by atoms with Crippen LogP contribution < -0.4 is 11.1 Å². The van der Waals surface area contributed by atoms with Crippen LogP contribution >= 0.6 is 12.4 Å². The molecule has 23 heavy (non-hydrogen) atoms. The summed E-state index contributed by atoms with van der Waals surface area (Å²) in [6.45, 7) is 3.60. The Hall–Kier alpha value is -1.67. The fraction of sp³-hybridized carbons (Fsp3) is 0.714. The molecule has 0 spiro atoms. The molecule has 1 heterocycles. The summed E-state index contributed by atoms with van der Waals surface area (Å²) in [5.41, 5.74) is 6.73. The molecule has 130 valence electrons. The molecule has 0 radical (unpaired) electrons. The van der Waals surface area contributed by atoms with Crippen LogP contribution in [0.25, 0.3) is 0 Å². The van der Waals surface area contributed by atoms with E-state index in [0.29, 0.717) is 17.9 Å². The summed E-state index contributed by atoms with van der Waals surface area (Å²) in [4.78, 5) is 22.5. The summed E-state index contributed by atoms with van der Waals surface area (Å²) in [6.07, 6.45) is 3.97. The Kier molecular flexibility index (Phi) is 6.96. The summed E-state index contributed by atoms with van der Waals surface area (Å²) in [7, 11) is 0. The predicted octanol–water partition coefficient (Wildman–Crippen LogP) is 1.61. The molecule has 0 unspecified atom stereocenters. The maximum Gasteiger partial charge on any atom is 0.312 e. The number of nitrogens with one attached hydrogen (secondary N) is 1. The molecule has 0 saturated heterocycles. The fourth-order valence-electron chi connectivity index (χ4n) is 2.94. The highest BCUT2D eigenvalue weighted by molar-refractivity contribution is 5.85. The van der Waals surface area contributed by atoms with Gasteiger partial charge in [0.05, 0.1) is 11.5 Å². The Morgan fingerprint density at radius 3 is 2.52 bits per heavy atom. The van der Waals surface area contributed by atoms with Crippen LogP contribution in [0.4, 0.5) is 5.69 Å². The number of nitro groups is 1. The Morgan fingerprint density at radius 2 is 2.00 bits per heavy atom. The zero-order valence-electron chi connectivity index (χ0n) is 13.4. The number of amides is 1. The normalized spacial score (nSPS) is 20.7. The minimum absolute atomic E-state index is 0. The van der Waals surface area contributed by atoms with E-state index in [2.05, 4.69) is 10.4 Å². The average Bonchev–Trinajstić information content (AvgIpc) is 2.73. The van der Waals surface area contributed by atoms with Gasteiger partial charge in [0, 0.05) is 18.5 Å². The molecule has 9 heteroatoms. The van der Waals surface area contributed by atoms with E-state index >= 15 is 0 Å². The van der Waals surface area contributed by atoms with E-state index in [9.17, 15) is 14.9 Å². The molecule has 1 aromatic heterocycles. The van der Waals surface area contributed by atoms with Crippen LogP contribution in [0.2, 0.25) is 0 Å². The Bertz CT molecular complexity index is 567. The SMILES string of the molecule is Cc1nn(CCC(=O)NC2CCC(N)CC2)c(C)c1[N+](=O)[O-].Cl. The van der Waals surface area contributed by atoms with Gasteiger partial charge in [-0.25, -0.2) is 0 Å². The Balaban J connectivity index is 0.00000264. The maximum absolute atomic E-state index is 12.0. The lowest BCUT2D eigenvalue weighted by Gasteiger charge is -2.26.